The molecule has 0 aliphatic rings. The van der Waals surface area contributed by atoms with E-state index < -0.39 is 5.97 Å². The van der Waals surface area contributed by atoms with Crippen molar-refractivity contribution >= 4 is 5.97 Å². The SMILES string of the molecule is CC(C)c1ccc(C(c2ccc(C(C)C)cc2)c2cc(Cc3ccccc3)c(O)c(C(=O)O)c2)cc1. The third-order valence-corrected chi connectivity index (χ3v) is 6.89. The van der Waals surface area contributed by atoms with Gasteiger partial charge in [0, 0.05) is 12.3 Å². The number of carboxylic acids is 1. The highest BCUT2D eigenvalue weighted by Gasteiger charge is 2.23. The molecule has 4 aromatic rings. The molecule has 36 heavy (non-hydrogen) atoms. The second-order valence-corrected chi connectivity index (χ2v) is 10.1. The van der Waals surface area contributed by atoms with E-state index in [9.17, 15) is 15.0 Å². The minimum absolute atomic E-state index is 0.0685. The van der Waals surface area contributed by atoms with Crippen LogP contribution in [-0.4, -0.2) is 16.2 Å². The Morgan fingerprint density at radius 1 is 0.667 bits per heavy atom. The van der Waals surface area contributed by atoms with Crippen LogP contribution in [0.25, 0.3) is 0 Å². The molecule has 0 unspecified atom stereocenters. The predicted octanol–water partition coefficient (Wildman–Crippen LogP) is 8.11. The Labute approximate surface area is 214 Å². The summed E-state index contributed by atoms with van der Waals surface area (Å²) in [5, 5.41) is 20.8. The fraction of sp³-hybridized carbons (Fsp3) is 0.242. The molecule has 0 aromatic heterocycles. The molecule has 0 saturated carbocycles. The summed E-state index contributed by atoms with van der Waals surface area (Å²) in [6.45, 7) is 8.69. The van der Waals surface area contributed by atoms with Crippen LogP contribution in [0.3, 0.4) is 0 Å². The van der Waals surface area contributed by atoms with Crippen molar-refractivity contribution in [2.45, 2.75) is 51.9 Å². The van der Waals surface area contributed by atoms with Gasteiger partial charge < -0.3 is 10.2 Å². The molecule has 0 spiro atoms. The average Bonchev–Trinajstić information content (AvgIpc) is 2.87. The number of aromatic hydroxyl groups is 1. The minimum atomic E-state index is -1.13. The van der Waals surface area contributed by atoms with Crippen molar-refractivity contribution in [3.63, 3.8) is 0 Å². The van der Waals surface area contributed by atoms with Crippen LogP contribution < -0.4 is 0 Å². The molecule has 0 bridgehead atoms. The molecule has 4 rings (SSSR count). The van der Waals surface area contributed by atoms with Crippen LogP contribution in [0.1, 0.15) is 94.8 Å². The lowest BCUT2D eigenvalue weighted by Gasteiger charge is -2.22. The number of rotatable bonds is 8. The highest BCUT2D eigenvalue weighted by atomic mass is 16.4. The van der Waals surface area contributed by atoms with E-state index in [-0.39, 0.29) is 17.2 Å². The van der Waals surface area contributed by atoms with E-state index in [1.807, 2.05) is 36.4 Å². The molecule has 0 heterocycles. The summed E-state index contributed by atoms with van der Waals surface area (Å²) in [5.74, 6) is -0.618. The van der Waals surface area contributed by atoms with Crippen molar-refractivity contribution in [3.8, 4) is 5.75 Å². The highest BCUT2D eigenvalue weighted by Crippen LogP contribution is 2.37. The highest BCUT2D eigenvalue weighted by molar-refractivity contribution is 5.91. The van der Waals surface area contributed by atoms with Gasteiger partial charge in [-0.25, -0.2) is 4.79 Å². The molecule has 0 aliphatic heterocycles. The third-order valence-electron chi connectivity index (χ3n) is 6.89. The maximum atomic E-state index is 12.2. The van der Waals surface area contributed by atoms with Crippen molar-refractivity contribution < 1.29 is 15.0 Å². The first-order valence-corrected chi connectivity index (χ1v) is 12.6. The quantitative estimate of drug-likeness (QED) is 0.252. The molecule has 3 nitrogen and oxygen atoms in total. The molecule has 0 amide bonds. The molecule has 0 aliphatic carbocycles. The maximum Gasteiger partial charge on any atom is 0.339 e. The van der Waals surface area contributed by atoms with E-state index in [4.69, 9.17) is 0 Å². The first kappa shape index (κ1) is 25.2. The van der Waals surface area contributed by atoms with E-state index in [0.717, 1.165) is 22.3 Å². The number of benzene rings is 4. The van der Waals surface area contributed by atoms with Crippen LogP contribution in [0, 0.1) is 0 Å². The second-order valence-electron chi connectivity index (χ2n) is 10.1. The topological polar surface area (TPSA) is 57.5 Å². The van der Waals surface area contributed by atoms with Crippen LogP contribution in [0.15, 0.2) is 91.0 Å². The Balaban J connectivity index is 1.89. The molecule has 4 aromatic carbocycles. The van der Waals surface area contributed by atoms with Gasteiger partial charge in [0.15, 0.2) is 0 Å². The smallest absolute Gasteiger partial charge is 0.339 e. The Kier molecular flexibility index (Phi) is 7.59. The van der Waals surface area contributed by atoms with Crippen molar-refractivity contribution in [2.24, 2.45) is 0 Å². The third kappa shape index (κ3) is 5.52. The van der Waals surface area contributed by atoms with E-state index in [1.54, 1.807) is 6.07 Å². The fourth-order valence-electron chi connectivity index (χ4n) is 4.72. The summed E-state index contributed by atoms with van der Waals surface area (Å²) in [5.41, 5.74) is 7.10. The summed E-state index contributed by atoms with van der Waals surface area (Å²) in [6.07, 6.45) is 0.450. The van der Waals surface area contributed by atoms with Gasteiger partial charge in [0.25, 0.3) is 0 Å². The van der Waals surface area contributed by atoms with Crippen LogP contribution in [0.2, 0.25) is 0 Å². The van der Waals surface area contributed by atoms with E-state index in [1.165, 1.54) is 11.1 Å². The summed E-state index contributed by atoms with van der Waals surface area (Å²) in [4.78, 5) is 12.2. The van der Waals surface area contributed by atoms with Crippen molar-refractivity contribution in [3.05, 3.63) is 136 Å². The number of phenols is 1. The zero-order chi connectivity index (χ0) is 25.8. The summed E-state index contributed by atoms with van der Waals surface area (Å²) >= 11 is 0. The van der Waals surface area contributed by atoms with Gasteiger partial charge in [-0.3, -0.25) is 0 Å². The Morgan fingerprint density at radius 3 is 1.58 bits per heavy atom. The molecule has 0 radical (unpaired) electrons. The number of hydrogen-bond acceptors (Lipinski definition) is 2. The van der Waals surface area contributed by atoms with Crippen LogP contribution in [-0.2, 0) is 6.42 Å². The van der Waals surface area contributed by atoms with E-state index in [0.29, 0.717) is 23.8 Å². The lowest BCUT2D eigenvalue weighted by molar-refractivity contribution is 0.0693. The first-order chi connectivity index (χ1) is 17.2. The van der Waals surface area contributed by atoms with Gasteiger partial charge in [0.05, 0.1) is 0 Å². The number of aromatic carboxylic acids is 1. The Hall–Kier alpha value is -3.85. The van der Waals surface area contributed by atoms with Crippen LogP contribution >= 0.6 is 0 Å². The number of carbonyl (C=O) groups is 1. The Morgan fingerprint density at radius 2 is 1.14 bits per heavy atom. The molecule has 0 saturated heterocycles. The molecule has 0 fully saturated rings. The summed E-state index contributed by atoms with van der Waals surface area (Å²) < 4.78 is 0. The normalized spacial score (nSPS) is 11.4. The van der Waals surface area contributed by atoms with Gasteiger partial charge >= 0.3 is 5.97 Å². The van der Waals surface area contributed by atoms with Crippen molar-refractivity contribution in [1.82, 2.24) is 0 Å². The van der Waals surface area contributed by atoms with Crippen molar-refractivity contribution in [1.29, 1.82) is 0 Å². The van der Waals surface area contributed by atoms with Crippen LogP contribution in [0.5, 0.6) is 5.75 Å². The number of carboxylic acid groups (broad SMARTS) is 1. The van der Waals surface area contributed by atoms with Gasteiger partial charge in [-0.2, -0.15) is 0 Å². The van der Waals surface area contributed by atoms with Gasteiger partial charge in [0.2, 0.25) is 0 Å². The van der Waals surface area contributed by atoms with Gasteiger partial charge in [0.1, 0.15) is 11.3 Å². The van der Waals surface area contributed by atoms with Gasteiger partial charge in [-0.1, -0.05) is 113 Å². The first-order valence-electron chi connectivity index (χ1n) is 12.6. The standard InChI is InChI=1S/C33H34O3/c1-21(2)24-10-14-26(15-11-24)31(27-16-12-25(13-17-27)22(3)4)28-19-29(18-23-8-6-5-7-9-23)32(34)30(20-28)33(35)36/h5-17,19-22,31,34H,18H2,1-4H3,(H,35,36). The zero-order valence-electron chi connectivity index (χ0n) is 21.4. The summed E-state index contributed by atoms with van der Waals surface area (Å²) in [6, 6.07) is 30.6. The molecular weight excluding hydrogens is 444 g/mol. The van der Waals surface area contributed by atoms with Gasteiger partial charge in [-0.15, -0.1) is 0 Å². The van der Waals surface area contributed by atoms with Crippen molar-refractivity contribution in [2.75, 3.05) is 0 Å². The minimum Gasteiger partial charge on any atom is -0.507 e. The monoisotopic (exact) mass is 478 g/mol. The second kappa shape index (κ2) is 10.8. The lowest BCUT2D eigenvalue weighted by atomic mass is 9.82. The number of hydrogen-bond donors (Lipinski definition) is 2. The molecule has 0 atom stereocenters. The molecular formula is C33H34O3. The maximum absolute atomic E-state index is 12.2. The van der Waals surface area contributed by atoms with E-state index >= 15 is 0 Å². The fourth-order valence-corrected chi connectivity index (χ4v) is 4.72. The summed E-state index contributed by atoms with van der Waals surface area (Å²) in [7, 11) is 0. The van der Waals surface area contributed by atoms with Crippen LogP contribution in [0.4, 0.5) is 0 Å². The van der Waals surface area contributed by atoms with E-state index in [2.05, 4.69) is 76.2 Å². The zero-order valence-corrected chi connectivity index (χ0v) is 21.4. The predicted molar refractivity (Wildman–Crippen MR) is 146 cm³/mol. The molecule has 2 N–H and O–H groups in total. The van der Waals surface area contributed by atoms with Gasteiger partial charge in [-0.05, 0) is 56.8 Å². The lowest BCUT2D eigenvalue weighted by Crippen LogP contribution is -2.08. The molecule has 184 valence electrons. The Bertz CT molecular complexity index is 1270. The largest absolute Gasteiger partial charge is 0.507 e. The average molecular weight is 479 g/mol. The molecule has 3 heteroatoms.